The zero-order valence-corrected chi connectivity index (χ0v) is 16.7. The fourth-order valence-electron chi connectivity index (χ4n) is 2.95. The second-order valence-electron chi connectivity index (χ2n) is 6.08. The van der Waals surface area contributed by atoms with Gasteiger partial charge in [-0.1, -0.05) is 18.2 Å². The fraction of sp³-hybridized carbons (Fsp3) is 0.556. The average Bonchev–Trinajstić information content (AvgIpc) is 2.58. The molecule has 1 rings (SSSR count). The smallest absolute Gasteiger partial charge is 0.334 e. The number of carbonyl (C=O) groups is 2. The van der Waals surface area contributed by atoms with Gasteiger partial charge in [0, 0.05) is 25.4 Å². The van der Waals surface area contributed by atoms with E-state index >= 15 is 0 Å². The zero-order valence-electron chi connectivity index (χ0n) is 15.7. The van der Waals surface area contributed by atoms with E-state index in [0.717, 1.165) is 0 Å². The van der Waals surface area contributed by atoms with Crippen LogP contribution in [0.1, 0.15) is 26.7 Å². The molecule has 0 heterocycles. The van der Waals surface area contributed by atoms with Crippen molar-refractivity contribution in [2.45, 2.75) is 45.3 Å². The predicted octanol–water partition coefficient (Wildman–Crippen LogP) is 2.96. The van der Waals surface area contributed by atoms with Gasteiger partial charge in [-0.25, -0.2) is 4.79 Å². The second-order valence-corrected chi connectivity index (χ2v) is 9.43. The van der Waals surface area contributed by atoms with Crippen LogP contribution in [0.2, 0.25) is 12.6 Å². The molecule has 0 spiro atoms. The highest BCUT2D eigenvalue weighted by Gasteiger charge is 2.32. The summed E-state index contributed by atoms with van der Waals surface area (Å²) in [5.74, 6) is -2.29. The predicted molar refractivity (Wildman–Crippen MR) is 102 cm³/mol. The van der Waals surface area contributed by atoms with E-state index in [0.29, 0.717) is 37.9 Å². The largest absolute Gasteiger partial charge is 0.481 e. The van der Waals surface area contributed by atoms with Crippen LogP contribution in [0.4, 0.5) is 5.69 Å². The highest BCUT2D eigenvalue weighted by Crippen LogP contribution is 2.22. The van der Waals surface area contributed by atoms with Gasteiger partial charge < -0.3 is 24.0 Å². The molecular formula is C18H29NO6Si. The molecule has 0 radical (unpaired) electrons. The number of anilines is 1. The first-order chi connectivity index (χ1) is 12.3. The maximum atomic E-state index is 11.7. The van der Waals surface area contributed by atoms with Crippen LogP contribution in [0.25, 0.3) is 0 Å². The molecule has 0 aliphatic rings. The van der Waals surface area contributed by atoms with E-state index in [-0.39, 0.29) is 0 Å². The van der Waals surface area contributed by atoms with E-state index in [1.165, 1.54) is 0 Å². The molecule has 26 heavy (non-hydrogen) atoms. The lowest BCUT2D eigenvalue weighted by Gasteiger charge is -2.32. The Morgan fingerprint density at radius 2 is 1.69 bits per heavy atom. The van der Waals surface area contributed by atoms with Crippen LogP contribution in [0.3, 0.4) is 0 Å². The molecule has 0 fully saturated rings. The summed E-state index contributed by atoms with van der Waals surface area (Å²) < 4.78 is 11.6. The van der Waals surface area contributed by atoms with Gasteiger partial charge in [-0.3, -0.25) is 4.79 Å². The summed E-state index contributed by atoms with van der Waals surface area (Å²) in [4.78, 5) is 24.4. The maximum absolute atomic E-state index is 11.7. The molecular weight excluding hydrogens is 354 g/mol. The lowest BCUT2D eigenvalue weighted by molar-refractivity contribution is -0.145. The van der Waals surface area contributed by atoms with Gasteiger partial charge in [-0.2, -0.15) is 0 Å². The highest BCUT2D eigenvalue weighted by atomic mass is 28.4. The van der Waals surface area contributed by atoms with Crippen molar-refractivity contribution in [3.8, 4) is 0 Å². The van der Waals surface area contributed by atoms with Gasteiger partial charge in [-0.15, -0.1) is 0 Å². The Kier molecular flexibility index (Phi) is 9.32. The van der Waals surface area contributed by atoms with Crippen molar-refractivity contribution in [3.63, 3.8) is 0 Å². The van der Waals surface area contributed by atoms with Crippen molar-refractivity contribution in [2.24, 2.45) is 0 Å². The summed E-state index contributed by atoms with van der Waals surface area (Å²) >= 11 is 0. The van der Waals surface area contributed by atoms with Crippen LogP contribution < -0.4 is 4.90 Å². The van der Waals surface area contributed by atoms with Gasteiger partial charge in [0.25, 0.3) is 0 Å². The molecule has 146 valence electrons. The molecule has 0 amide bonds. The van der Waals surface area contributed by atoms with Crippen LogP contribution in [-0.4, -0.2) is 56.5 Å². The summed E-state index contributed by atoms with van der Waals surface area (Å²) in [5, 5.41) is 18.6. The van der Waals surface area contributed by atoms with Crippen LogP contribution in [0.5, 0.6) is 0 Å². The first kappa shape index (κ1) is 22.1. The molecule has 8 heteroatoms. The first-order valence-electron chi connectivity index (χ1n) is 8.87. The van der Waals surface area contributed by atoms with Crippen molar-refractivity contribution >= 4 is 26.2 Å². The summed E-state index contributed by atoms with van der Waals surface area (Å²) in [7, 11) is -2.30. The minimum atomic E-state index is -2.30. The highest BCUT2D eigenvalue weighted by molar-refractivity contribution is 6.66. The number of nitrogens with zero attached hydrogens (tertiary/aromatic N) is 1. The SMILES string of the molecule is CCO[Si](C)(CCCN(c1ccccc1)C(CC(=O)O)C(=O)O)OCC. The van der Waals surface area contributed by atoms with E-state index in [9.17, 15) is 14.7 Å². The van der Waals surface area contributed by atoms with Gasteiger partial charge in [0.2, 0.25) is 0 Å². The number of aliphatic carboxylic acids is 2. The van der Waals surface area contributed by atoms with Crippen LogP contribution in [0, 0.1) is 0 Å². The van der Waals surface area contributed by atoms with Crippen LogP contribution in [-0.2, 0) is 18.4 Å². The Morgan fingerprint density at radius 1 is 1.12 bits per heavy atom. The minimum absolute atomic E-state index is 0.414. The van der Waals surface area contributed by atoms with Crippen LogP contribution in [0.15, 0.2) is 30.3 Å². The Bertz CT molecular complexity index is 562. The summed E-state index contributed by atoms with van der Waals surface area (Å²) in [5.41, 5.74) is 0.692. The van der Waals surface area contributed by atoms with E-state index in [2.05, 4.69) is 0 Å². The number of benzene rings is 1. The Labute approximate surface area is 155 Å². The van der Waals surface area contributed by atoms with Gasteiger partial charge in [0.1, 0.15) is 6.04 Å². The maximum Gasteiger partial charge on any atom is 0.334 e. The lowest BCUT2D eigenvalue weighted by Crippen LogP contribution is -2.45. The van der Waals surface area contributed by atoms with Crippen LogP contribution >= 0.6 is 0 Å². The summed E-state index contributed by atoms with van der Waals surface area (Å²) in [6.45, 7) is 7.40. The van der Waals surface area contributed by atoms with Gasteiger partial charge in [0.05, 0.1) is 6.42 Å². The number of carboxylic acid groups (broad SMARTS) is 2. The molecule has 0 aliphatic heterocycles. The molecule has 1 aromatic carbocycles. The standard InChI is InChI=1S/C18H29NO6Si/c1-4-24-26(3,25-5-2)13-9-12-19(15-10-7-6-8-11-15)16(18(22)23)14-17(20)21/h6-8,10-11,16H,4-5,9,12-14H2,1-3H3,(H,20,21)(H,22,23). The Balaban J connectivity index is 2.92. The fourth-order valence-corrected chi connectivity index (χ4v) is 5.34. The number of hydrogen-bond donors (Lipinski definition) is 2. The van der Waals surface area contributed by atoms with Gasteiger partial charge in [0.15, 0.2) is 0 Å². The minimum Gasteiger partial charge on any atom is -0.481 e. The van der Waals surface area contributed by atoms with E-state index in [4.69, 9.17) is 14.0 Å². The molecule has 0 aliphatic carbocycles. The average molecular weight is 384 g/mol. The Hall–Kier alpha value is -1.90. The van der Waals surface area contributed by atoms with Gasteiger partial charge in [-0.05, 0) is 45.0 Å². The van der Waals surface area contributed by atoms with Crippen molar-refractivity contribution in [1.82, 2.24) is 0 Å². The number of carboxylic acids is 2. The van der Waals surface area contributed by atoms with Crippen molar-refractivity contribution in [1.29, 1.82) is 0 Å². The topological polar surface area (TPSA) is 96.3 Å². The number of para-hydroxylation sites is 1. The van der Waals surface area contributed by atoms with E-state index in [1.54, 1.807) is 29.2 Å². The molecule has 1 atom stereocenters. The lowest BCUT2D eigenvalue weighted by atomic mass is 10.1. The molecule has 0 bridgehead atoms. The number of hydrogen-bond acceptors (Lipinski definition) is 5. The van der Waals surface area contributed by atoms with E-state index < -0.39 is 33.0 Å². The van der Waals surface area contributed by atoms with Crippen molar-refractivity contribution in [2.75, 3.05) is 24.7 Å². The molecule has 0 saturated carbocycles. The molecule has 7 nitrogen and oxygen atoms in total. The molecule has 1 aromatic rings. The first-order valence-corrected chi connectivity index (χ1v) is 11.4. The number of rotatable bonds is 13. The monoisotopic (exact) mass is 383 g/mol. The third kappa shape index (κ3) is 7.15. The third-order valence-corrected chi connectivity index (χ3v) is 7.11. The van der Waals surface area contributed by atoms with Crippen molar-refractivity contribution < 1.29 is 28.7 Å². The molecule has 2 N–H and O–H groups in total. The molecule has 0 saturated heterocycles. The molecule has 1 unspecified atom stereocenters. The quantitative estimate of drug-likeness (QED) is 0.506. The third-order valence-electron chi connectivity index (χ3n) is 4.05. The zero-order chi connectivity index (χ0) is 19.6. The summed E-state index contributed by atoms with van der Waals surface area (Å²) in [6.07, 6.45) is 0.191. The van der Waals surface area contributed by atoms with Gasteiger partial charge >= 0.3 is 20.5 Å². The Morgan fingerprint density at radius 3 is 2.15 bits per heavy atom. The summed E-state index contributed by atoms with van der Waals surface area (Å²) in [6, 6.07) is 8.61. The van der Waals surface area contributed by atoms with E-state index in [1.807, 2.05) is 26.5 Å². The van der Waals surface area contributed by atoms with Crippen molar-refractivity contribution in [3.05, 3.63) is 30.3 Å². The second kappa shape index (κ2) is 10.9. The molecule has 0 aromatic heterocycles. The normalized spacial score (nSPS) is 12.6.